The minimum absolute atomic E-state index is 0.205. The lowest BCUT2D eigenvalue weighted by Crippen LogP contribution is -2.22. The van der Waals surface area contributed by atoms with E-state index in [1.807, 2.05) is 0 Å². The monoisotopic (exact) mass is 428 g/mol. The van der Waals surface area contributed by atoms with Gasteiger partial charge in [0.15, 0.2) is 0 Å². The molecule has 0 aliphatic heterocycles. The lowest BCUT2D eigenvalue weighted by molar-refractivity contribution is -0.116. The smallest absolute Gasteiger partial charge is 0.350 e. The standard InChI is InChI=1S/C17H12Cl2F2N4OS/c18-11-4-2-1-3-10(11)14-12(7-8-13(26)22-9-5-6-9)25-16(23-14)27-15(24-25)17(19,20)21/h1-4,7-9H,5-6H2,(H,22,26). The summed E-state index contributed by atoms with van der Waals surface area (Å²) in [7, 11) is 0. The third-order valence-electron chi connectivity index (χ3n) is 3.93. The van der Waals surface area contributed by atoms with Gasteiger partial charge in [-0.25, -0.2) is 9.50 Å². The van der Waals surface area contributed by atoms with Crippen molar-refractivity contribution < 1.29 is 13.6 Å². The maximum atomic E-state index is 13.4. The number of hydrogen-bond acceptors (Lipinski definition) is 4. The SMILES string of the molecule is O=C(C=Cc1c(-c2ccccc2Cl)nc2sc(C(F)(F)Cl)nn12)NC1CC1. The highest BCUT2D eigenvalue weighted by Gasteiger charge is 2.34. The van der Waals surface area contributed by atoms with E-state index < -0.39 is 10.4 Å². The molecule has 0 spiro atoms. The zero-order valence-corrected chi connectivity index (χ0v) is 16.0. The van der Waals surface area contributed by atoms with Crippen LogP contribution < -0.4 is 5.32 Å². The van der Waals surface area contributed by atoms with Crippen LogP contribution in [-0.4, -0.2) is 26.5 Å². The molecule has 1 amide bonds. The van der Waals surface area contributed by atoms with E-state index in [0.29, 0.717) is 33.3 Å². The molecule has 0 atom stereocenters. The second-order valence-corrected chi connectivity index (χ2v) is 7.88. The summed E-state index contributed by atoms with van der Waals surface area (Å²) in [4.78, 5) is 16.6. The average molecular weight is 429 g/mol. The Labute approximate surface area is 166 Å². The predicted octanol–water partition coefficient (Wildman–Crippen LogP) is 4.69. The Morgan fingerprint density at radius 1 is 1.37 bits per heavy atom. The number of aromatic nitrogens is 3. The quantitative estimate of drug-likeness (QED) is 0.473. The minimum atomic E-state index is -3.60. The number of halogens is 4. The molecule has 1 aliphatic carbocycles. The van der Waals surface area contributed by atoms with E-state index in [0.717, 1.165) is 12.8 Å². The van der Waals surface area contributed by atoms with Crippen molar-refractivity contribution in [2.24, 2.45) is 0 Å². The summed E-state index contributed by atoms with van der Waals surface area (Å²) in [6, 6.07) is 7.22. The van der Waals surface area contributed by atoms with Crippen LogP contribution in [0.25, 0.3) is 22.3 Å². The molecule has 27 heavy (non-hydrogen) atoms. The van der Waals surface area contributed by atoms with Gasteiger partial charge in [0, 0.05) is 17.7 Å². The number of nitrogens with zero attached hydrogens (tertiary/aromatic N) is 3. The van der Waals surface area contributed by atoms with Crippen LogP contribution in [0.15, 0.2) is 30.3 Å². The Morgan fingerprint density at radius 3 is 2.78 bits per heavy atom. The first kappa shape index (κ1) is 18.3. The average Bonchev–Trinajstić information content (AvgIpc) is 3.19. The molecule has 2 heterocycles. The number of benzene rings is 1. The van der Waals surface area contributed by atoms with Gasteiger partial charge in [-0.1, -0.05) is 41.1 Å². The number of imidazole rings is 1. The second-order valence-electron chi connectivity index (χ2n) is 6.04. The first-order chi connectivity index (χ1) is 12.8. The fraction of sp³-hybridized carbons (Fsp3) is 0.235. The molecule has 1 aromatic carbocycles. The summed E-state index contributed by atoms with van der Waals surface area (Å²) >= 11 is 12.0. The Hall–Kier alpha value is -2.03. The Morgan fingerprint density at radius 2 is 2.11 bits per heavy atom. The minimum Gasteiger partial charge on any atom is -0.350 e. The second kappa shape index (κ2) is 6.85. The van der Waals surface area contributed by atoms with Gasteiger partial charge in [0.25, 0.3) is 0 Å². The van der Waals surface area contributed by atoms with Crippen LogP contribution in [0, 0.1) is 0 Å². The van der Waals surface area contributed by atoms with Crippen LogP contribution in [0.2, 0.25) is 5.02 Å². The summed E-state index contributed by atoms with van der Waals surface area (Å²) < 4.78 is 28.1. The van der Waals surface area contributed by atoms with Gasteiger partial charge >= 0.3 is 5.38 Å². The van der Waals surface area contributed by atoms with Crippen LogP contribution in [0.1, 0.15) is 23.5 Å². The van der Waals surface area contributed by atoms with Gasteiger partial charge in [-0.05, 0) is 36.6 Å². The number of amides is 1. The molecule has 1 N–H and O–H groups in total. The fourth-order valence-corrected chi connectivity index (χ4v) is 3.66. The van der Waals surface area contributed by atoms with Crippen molar-refractivity contribution in [1.29, 1.82) is 0 Å². The van der Waals surface area contributed by atoms with Crippen molar-refractivity contribution in [3.05, 3.63) is 46.1 Å². The number of fused-ring (bicyclic) bond motifs is 1. The summed E-state index contributed by atoms with van der Waals surface area (Å²) in [5.74, 6) is -0.268. The van der Waals surface area contributed by atoms with Gasteiger partial charge in [0.1, 0.15) is 5.69 Å². The van der Waals surface area contributed by atoms with E-state index >= 15 is 0 Å². The molecule has 0 saturated heterocycles. The predicted molar refractivity (Wildman–Crippen MR) is 101 cm³/mol. The van der Waals surface area contributed by atoms with Crippen LogP contribution in [0.4, 0.5) is 8.78 Å². The third-order valence-corrected chi connectivity index (χ3v) is 5.52. The first-order valence-electron chi connectivity index (χ1n) is 8.03. The third kappa shape index (κ3) is 3.83. The molecule has 5 nitrogen and oxygen atoms in total. The van der Waals surface area contributed by atoms with Crippen molar-refractivity contribution >= 4 is 51.5 Å². The van der Waals surface area contributed by atoms with Crippen LogP contribution in [0.5, 0.6) is 0 Å². The fourth-order valence-electron chi connectivity index (χ4n) is 2.51. The largest absolute Gasteiger partial charge is 0.375 e. The van der Waals surface area contributed by atoms with E-state index in [9.17, 15) is 13.6 Å². The van der Waals surface area contributed by atoms with Gasteiger partial charge in [-0.2, -0.15) is 13.9 Å². The molecule has 1 saturated carbocycles. The van der Waals surface area contributed by atoms with Gasteiger partial charge in [-0.15, -0.1) is 0 Å². The Balaban J connectivity index is 1.81. The number of carbonyl (C=O) groups excluding carboxylic acids is 1. The Bertz CT molecular complexity index is 1050. The van der Waals surface area contributed by atoms with E-state index in [-0.39, 0.29) is 16.9 Å². The maximum Gasteiger partial charge on any atom is 0.375 e. The van der Waals surface area contributed by atoms with Gasteiger partial charge in [0.05, 0.1) is 10.7 Å². The molecule has 4 rings (SSSR count). The van der Waals surface area contributed by atoms with Crippen molar-refractivity contribution in [3.63, 3.8) is 0 Å². The first-order valence-corrected chi connectivity index (χ1v) is 9.60. The number of alkyl halides is 3. The van der Waals surface area contributed by atoms with Crippen LogP contribution in [-0.2, 0) is 10.2 Å². The maximum absolute atomic E-state index is 13.4. The van der Waals surface area contributed by atoms with Crippen LogP contribution in [0.3, 0.4) is 0 Å². The molecule has 1 fully saturated rings. The van der Waals surface area contributed by atoms with E-state index in [4.69, 9.17) is 23.2 Å². The van der Waals surface area contributed by atoms with Gasteiger partial charge < -0.3 is 5.32 Å². The number of rotatable bonds is 5. The topological polar surface area (TPSA) is 59.3 Å². The molecule has 0 radical (unpaired) electrons. The molecule has 0 bridgehead atoms. The summed E-state index contributed by atoms with van der Waals surface area (Å²) in [5, 5.41) is 2.98. The highest BCUT2D eigenvalue weighted by atomic mass is 35.5. The van der Waals surface area contributed by atoms with E-state index in [2.05, 4.69) is 15.4 Å². The van der Waals surface area contributed by atoms with Crippen LogP contribution >= 0.6 is 34.5 Å². The number of hydrogen-bond donors (Lipinski definition) is 1. The molecular formula is C17H12Cl2F2N4OS. The molecule has 2 aromatic heterocycles. The number of carbonyl (C=O) groups is 1. The molecule has 0 unspecified atom stereocenters. The summed E-state index contributed by atoms with van der Waals surface area (Å²) in [6.07, 6.45) is 4.75. The molecule has 1 aliphatic rings. The van der Waals surface area contributed by atoms with Gasteiger partial charge in [-0.3, -0.25) is 4.79 Å². The summed E-state index contributed by atoms with van der Waals surface area (Å²) in [6.45, 7) is 0. The van der Waals surface area contributed by atoms with Gasteiger partial charge in [0.2, 0.25) is 15.9 Å². The van der Waals surface area contributed by atoms with E-state index in [1.165, 1.54) is 16.7 Å². The lowest BCUT2D eigenvalue weighted by Gasteiger charge is -2.04. The van der Waals surface area contributed by atoms with Crippen molar-refractivity contribution in [2.45, 2.75) is 24.3 Å². The molecule has 10 heteroatoms. The van der Waals surface area contributed by atoms with Crippen molar-refractivity contribution in [3.8, 4) is 11.3 Å². The lowest BCUT2D eigenvalue weighted by atomic mass is 10.1. The molecule has 3 aromatic rings. The van der Waals surface area contributed by atoms with Crippen molar-refractivity contribution in [1.82, 2.24) is 19.9 Å². The van der Waals surface area contributed by atoms with E-state index in [1.54, 1.807) is 24.3 Å². The van der Waals surface area contributed by atoms with Crippen molar-refractivity contribution in [2.75, 3.05) is 0 Å². The highest BCUT2D eigenvalue weighted by molar-refractivity contribution is 7.17. The normalized spacial score (nSPS) is 15.0. The number of nitrogens with one attached hydrogen (secondary N) is 1. The zero-order chi connectivity index (χ0) is 19.2. The highest BCUT2D eigenvalue weighted by Crippen LogP contribution is 2.38. The summed E-state index contributed by atoms with van der Waals surface area (Å²) in [5.41, 5.74) is 1.42. The molecular weight excluding hydrogens is 417 g/mol. The molecule has 140 valence electrons. The Kier molecular flexibility index (Phi) is 4.65. The zero-order valence-electron chi connectivity index (χ0n) is 13.6.